The number of ether oxygens (including phenoxy) is 1. The van der Waals surface area contributed by atoms with Crippen LogP contribution in [-0.4, -0.2) is 58.4 Å². The molecule has 3 rings (SSSR count). The fraction of sp³-hybridized carbons (Fsp3) is 0.600. The minimum Gasteiger partial charge on any atom is -0.489 e. The van der Waals surface area contributed by atoms with Gasteiger partial charge in [0.05, 0.1) is 6.10 Å². The highest BCUT2D eigenvalue weighted by Crippen LogP contribution is 2.27. The summed E-state index contributed by atoms with van der Waals surface area (Å²) in [5.74, 6) is 1.41. The number of hydrogen-bond donors (Lipinski definition) is 2. The number of aromatic nitrogens is 2. The van der Waals surface area contributed by atoms with Crippen molar-refractivity contribution in [3.05, 3.63) is 24.4 Å². The second-order valence-corrected chi connectivity index (χ2v) is 8.03. The zero-order valence-corrected chi connectivity index (χ0v) is 16.2. The number of rotatable bonds is 6. The third-order valence-electron chi connectivity index (χ3n) is 5.40. The fourth-order valence-electron chi connectivity index (χ4n) is 3.00. The lowest BCUT2D eigenvalue weighted by atomic mass is 9.93. The molecule has 1 heterocycles. The third kappa shape index (κ3) is 4.43. The summed E-state index contributed by atoms with van der Waals surface area (Å²) in [7, 11) is 4.11. The minimum absolute atomic E-state index is 0.0702. The molecule has 0 unspecified atom stereocenters. The smallest absolute Gasteiger partial charge is 0.223 e. The normalized spacial score (nSPS) is 21.2. The number of likely N-dealkylation sites (N-methyl/N-ethyl adjacent to an activating group) is 1. The SMILES string of the molecule is CN(C)C(C)(C)COc1cccc2cnc(NC3CCC(O)CC3)nc12. The van der Waals surface area contributed by atoms with E-state index in [1.54, 1.807) is 0 Å². The third-order valence-corrected chi connectivity index (χ3v) is 5.40. The maximum absolute atomic E-state index is 9.66. The number of hydrogen-bond acceptors (Lipinski definition) is 6. The average Bonchev–Trinajstić information content (AvgIpc) is 2.62. The zero-order valence-electron chi connectivity index (χ0n) is 16.2. The summed E-state index contributed by atoms with van der Waals surface area (Å²) in [6.45, 7) is 4.88. The first kappa shape index (κ1) is 18.9. The summed E-state index contributed by atoms with van der Waals surface area (Å²) in [5, 5.41) is 14.0. The Morgan fingerprint density at radius 2 is 1.96 bits per heavy atom. The van der Waals surface area contributed by atoms with E-state index in [1.807, 2.05) is 24.4 Å². The van der Waals surface area contributed by atoms with E-state index in [-0.39, 0.29) is 11.6 Å². The van der Waals surface area contributed by atoms with E-state index in [4.69, 9.17) is 9.72 Å². The fourth-order valence-corrected chi connectivity index (χ4v) is 3.00. The van der Waals surface area contributed by atoms with E-state index in [1.165, 1.54) is 0 Å². The Hall–Kier alpha value is -1.92. The summed E-state index contributed by atoms with van der Waals surface area (Å²) >= 11 is 0. The maximum Gasteiger partial charge on any atom is 0.223 e. The second kappa shape index (κ2) is 7.76. The number of nitrogens with zero attached hydrogens (tertiary/aromatic N) is 3. The van der Waals surface area contributed by atoms with Crippen LogP contribution in [0.1, 0.15) is 39.5 Å². The molecule has 1 aliphatic rings. The molecule has 1 fully saturated rings. The topological polar surface area (TPSA) is 70.5 Å². The number of para-hydroxylation sites is 1. The van der Waals surface area contributed by atoms with Gasteiger partial charge in [-0.2, -0.15) is 0 Å². The molecule has 2 aromatic rings. The van der Waals surface area contributed by atoms with Crippen molar-refractivity contribution in [3.63, 3.8) is 0 Å². The zero-order chi connectivity index (χ0) is 18.7. The van der Waals surface area contributed by atoms with Gasteiger partial charge in [-0.15, -0.1) is 0 Å². The summed E-state index contributed by atoms with van der Waals surface area (Å²) < 4.78 is 6.11. The molecule has 0 radical (unpaired) electrons. The summed E-state index contributed by atoms with van der Waals surface area (Å²) in [5.41, 5.74) is 0.759. The van der Waals surface area contributed by atoms with Gasteiger partial charge in [0, 0.05) is 23.2 Å². The molecule has 142 valence electrons. The Morgan fingerprint density at radius 1 is 1.23 bits per heavy atom. The monoisotopic (exact) mass is 358 g/mol. The van der Waals surface area contributed by atoms with Gasteiger partial charge in [-0.1, -0.05) is 12.1 Å². The van der Waals surface area contributed by atoms with Crippen molar-refractivity contribution < 1.29 is 9.84 Å². The van der Waals surface area contributed by atoms with E-state index in [0.717, 1.165) is 42.3 Å². The quantitative estimate of drug-likeness (QED) is 0.827. The number of fused-ring (bicyclic) bond motifs is 1. The summed E-state index contributed by atoms with van der Waals surface area (Å²) in [6, 6.07) is 6.25. The van der Waals surface area contributed by atoms with Crippen molar-refractivity contribution >= 4 is 16.9 Å². The molecular formula is C20H30N4O2. The predicted molar refractivity (Wildman–Crippen MR) is 105 cm³/mol. The van der Waals surface area contributed by atoms with Crippen molar-refractivity contribution in [2.24, 2.45) is 0 Å². The van der Waals surface area contributed by atoms with E-state index in [0.29, 0.717) is 18.6 Å². The van der Waals surface area contributed by atoms with Gasteiger partial charge in [-0.3, -0.25) is 0 Å². The van der Waals surface area contributed by atoms with Gasteiger partial charge < -0.3 is 20.1 Å². The lowest BCUT2D eigenvalue weighted by molar-refractivity contribution is 0.115. The maximum atomic E-state index is 9.66. The van der Waals surface area contributed by atoms with Gasteiger partial charge in [0.25, 0.3) is 0 Å². The number of nitrogens with one attached hydrogen (secondary N) is 1. The van der Waals surface area contributed by atoms with Gasteiger partial charge in [0.1, 0.15) is 17.9 Å². The minimum atomic E-state index is -0.161. The van der Waals surface area contributed by atoms with E-state index >= 15 is 0 Å². The Labute approximate surface area is 155 Å². The molecule has 0 saturated heterocycles. The molecule has 6 heteroatoms. The van der Waals surface area contributed by atoms with E-state index < -0.39 is 0 Å². The molecule has 1 aromatic carbocycles. The van der Waals surface area contributed by atoms with Gasteiger partial charge in [-0.25, -0.2) is 9.97 Å². The van der Waals surface area contributed by atoms with Crippen LogP contribution in [0.25, 0.3) is 10.9 Å². The molecule has 1 aliphatic carbocycles. The van der Waals surface area contributed by atoms with Crippen LogP contribution in [0.4, 0.5) is 5.95 Å². The number of aliphatic hydroxyl groups is 1. The summed E-state index contributed by atoms with van der Waals surface area (Å²) in [6.07, 6.45) is 5.23. The van der Waals surface area contributed by atoms with E-state index in [2.05, 4.69) is 43.1 Å². The molecule has 26 heavy (non-hydrogen) atoms. The molecule has 0 bridgehead atoms. The van der Waals surface area contributed by atoms with Crippen LogP contribution in [0.5, 0.6) is 5.75 Å². The largest absolute Gasteiger partial charge is 0.489 e. The first-order valence-electron chi connectivity index (χ1n) is 9.36. The highest BCUT2D eigenvalue weighted by Gasteiger charge is 2.22. The first-order valence-corrected chi connectivity index (χ1v) is 9.36. The van der Waals surface area contributed by atoms with Gasteiger partial charge in [0.2, 0.25) is 5.95 Å². The van der Waals surface area contributed by atoms with Crippen LogP contribution >= 0.6 is 0 Å². The number of anilines is 1. The van der Waals surface area contributed by atoms with Crippen molar-refractivity contribution in [1.29, 1.82) is 0 Å². The molecule has 2 N–H and O–H groups in total. The molecule has 0 aliphatic heterocycles. The number of benzene rings is 1. The lowest BCUT2D eigenvalue weighted by Gasteiger charge is -2.32. The number of aliphatic hydroxyl groups excluding tert-OH is 1. The predicted octanol–water partition coefficient (Wildman–Crippen LogP) is 3.06. The van der Waals surface area contributed by atoms with Crippen LogP contribution in [0.15, 0.2) is 24.4 Å². The van der Waals surface area contributed by atoms with Gasteiger partial charge in [-0.05, 0) is 59.7 Å². The first-order chi connectivity index (χ1) is 12.3. The molecule has 6 nitrogen and oxygen atoms in total. The Balaban J connectivity index is 1.77. The highest BCUT2D eigenvalue weighted by atomic mass is 16.5. The lowest BCUT2D eigenvalue weighted by Crippen LogP contribution is -2.43. The van der Waals surface area contributed by atoms with Crippen molar-refractivity contribution in [3.8, 4) is 5.75 Å². The Kier molecular flexibility index (Phi) is 5.63. The highest BCUT2D eigenvalue weighted by molar-refractivity contribution is 5.84. The van der Waals surface area contributed by atoms with Crippen molar-refractivity contribution in [2.75, 3.05) is 26.0 Å². The van der Waals surface area contributed by atoms with Gasteiger partial charge in [0.15, 0.2) is 0 Å². The van der Waals surface area contributed by atoms with E-state index in [9.17, 15) is 5.11 Å². The molecular weight excluding hydrogens is 328 g/mol. The summed E-state index contributed by atoms with van der Waals surface area (Å²) in [4.78, 5) is 11.3. The van der Waals surface area contributed by atoms with Crippen molar-refractivity contribution in [2.45, 2.75) is 57.2 Å². The van der Waals surface area contributed by atoms with Crippen LogP contribution in [0.2, 0.25) is 0 Å². The van der Waals surface area contributed by atoms with Crippen LogP contribution < -0.4 is 10.1 Å². The Bertz CT molecular complexity index is 740. The Morgan fingerprint density at radius 3 is 2.65 bits per heavy atom. The molecule has 1 aromatic heterocycles. The van der Waals surface area contributed by atoms with Crippen LogP contribution in [-0.2, 0) is 0 Å². The second-order valence-electron chi connectivity index (χ2n) is 8.03. The van der Waals surface area contributed by atoms with Crippen LogP contribution in [0.3, 0.4) is 0 Å². The van der Waals surface area contributed by atoms with Crippen molar-refractivity contribution in [1.82, 2.24) is 14.9 Å². The van der Waals surface area contributed by atoms with Crippen LogP contribution in [0, 0.1) is 0 Å². The molecule has 1 saturated carbocycles. The van der Waals surface area contributed by atoms with Gasteiger partial charge >= 0.3 is 0 Å². The average molecular weight is 358 g/mol. The molecule has 0 amide bonds. The molecule has 0 spiro atoms. The molecule has 0 atom stereocenters. The standard InChI is InChI=1S/C20H30N4O2/c1-20(2,24(3)4)13-26-17-7-5-6-14-12-21-19(23-18(14)17)22-15-8-10-16(25)11-9-15/h5-7,12,15-16,25H,8-11,13H2,1-4H3,(H,21,22,23).